The number of nitrogens with one attached hydrogen (secondary N) is 2. The zero-order valence-corrected chi connectivity index (χ0v) is 17.6. The molecule has 0 atom stereocenters. The Morgan fingerprint density at radius 1 is 1.09 bits per heavy atom. The monoisotopic (exact) mass is 459 g/mol. The van der Waals surface area contributed by atoms with Crippen LogP contribution in [0.2, 0.25) is 0 Å². The van der Waals surface area contributed by atoms with Gasteiger partial charge >= 0.3 is 0 Å². The first-order chi connectivity index (χ1) is 15.2. The summed E-state index contributed by atoms with van der Waals surface area (Å²) in [5.41, 5.74) is -0.139. The molecule has 0 aromatic heterocycles. The van der Waals surface area contributed by atoms with Crippen LogP contribution in [0.1, 0.15) is 15.9 Å². The molecule has 0 fully saturated rings. The van der Waals surface area contributed by atoms with Crippen LogP contribution in [0, 0.1) is 15.9 Å². The van der Waals surface area contributed by atoms with Crippen molar-refractivity contribution in [3.8, 4) is 5.75 Å². The standard InChI is InChI=1S/C21H18FN3O6S/c1-31-20-10-9-16(25(27)28)12-19(20)24-32(29,30)17-7-4-6-14(11-17)21(26)23-13-15-5-2-3-8-18(15)22/h2-12,24H,13H2,1H3,(H,23,26). The number of halogens is 1. The third-order valence-corrected chi connectivity index (χ3v) is 5.81. The molecule has 0 aliphatic carbocycles. The highest BCUT2D eigenvalue weighted by Crippen LogP contribution is 2.31. The molecule has 0 saturated heterocycles. The number of amides is 1. The zero-order valence-electron chi connectivity index (χ0n) is 16.7. The SMILES string of the molecule is COc1ccc([N+](=O)[O-])cc1NS(=O)(=O)c1cccc(C(=O)NCc2ccccc2F)c1. The van der Waals surface area contributed by atoms with E-state index < -0.39 is 26.7 Å². The number of non-ortho nitro benzene ring substituents is 1. The summed E-state index contributed by atoms with van der Waals surface area (Å²) in [4.78, 5) is 22.5. The highest BCUT2D eigenvalue weighted by Gasteiger charge is 2.20. The maximum atomic E-state index is 13.7. The maximum absolute atomic E-state index is 13.7. The average Bonchev–Trinajstić information content (AvgIpc) is 2.78. The van der Waals surface area contributed by atoms with Crippen molar-refractivity contribution < 1.29 is 27.3 Å². The topological polar surface area (TPSA) is 128 Å². The Kier molecular flexibility index (Phi) is 6.69. The smallest absolute Gasteiger partial charge is 0.271 e. The number of methoxy groups -OCH3 is 1. The lowest BCUT2D eigenvalue weighted by Gasteiger charge is -2.12. The Morgan fingerprint density at radius 2 is 1.84 bits per heavy atom. The fourth-order valence-electron chi connectivity index (χ4n) is 2.82. The number of rotatable bonds is 8. The van der Waals surface area contributed by atoms with Crippen LogP contribution in [0.4, 0.5) is 15.8 Å². The number of hydrogen-bond donors (Lipinski definition) is 2. The van der Waals surface area contributed by atoms with Crippen molar-refractivity contribution in [1.82, 2.24) is 5.32 Å². The van der Waals surface area contributed by atoms with Gasteiger partial charge in [-0.05, 0) is 30.3 Å². The van der Waals surface area contributed by atoms with Crippen molar-refractivity contribution in [3.05, 3.63) is 93.8 Å². The summed E-state index contributed by atoms with van der Waals surface area (Å²) >= 11 is 0. The minimum absolute atomic E-state index is 0.0372. The zero-order chi connectivity index (χ0) is 23.3. The van der Waals surface area contributed by atoms with Gasteiger partial charge in [0.1, 0.15) is 11.6 Å². The molecule has 3 aromatic carbocycles. The molecule has 0 saturated carbocycles. The van der Waals surface area contributed by atoms with Gasteiger partial charge in [-0.3, -0.25) is 19.6 Å². The molecule has 11 heteroatoms. The second-order valence-electron chi connectivity index (χ2n) is 6.55. The van der Waals surface area contributed by atoms with Crippen LogP contribution in [0.3, 0.4) is 0 Å². The predicted octanol–water partition coefficient (Wildman–Crippen LogP) is 3.47. The highest BCUT2D eigenvalue weighted by molar-refractivity contribution is 7.92. The van der Waals surface area contributed by atoms with Crippen LogP contribution in [0.25, 0.3) is 0 Å². The molecule has 0 unspecified atom stereocenters. The molecule has 166 valence electrons. The van der Waals surface area contributed by atoms with Gasteiger partial charge in [0.2, 0.25) is 0 Å². The normalized spacial score (nSPS) is 10.9. The summed E-state index contributed by atoms with van der Waals surface area (Å²) in [6.45, 7) is -0.0778. The summed E-state index contributed by atoms with van der Waals surface area (Å²) in [6, 6.07) is 14.6. The first kappa shape index (κ1) is 22.7. The van der Waals surface area contributed by atoms with E-state index in [0.717, 1.165) is 12.1 Å². The number of carbonyl (C=O) groups is 1. The molecule has 0 spiro atoms. The Balaban J connectivity index is 1.82. The van der Waals surface area contributed by atoms with Gasteiger partial charge in [-0.1, -0.05) is 24.3 Å². The number of benzene rings is 3. The molecule has 0 heterocycles. The summed E-state index contributed by atoms with van der Waals surface area (Å²) in [5, 5.41) is 13.5. The van der Waals surface area contributed by atoms with Crippen molar-refractivity contribution in [2.75, 3.05) is 11.8 Å². The molecular weight excluding hydrogens is 441 g/mol. The van der Waals surface area contributed by atoms with Crippen LogP contribution in [0.15, 0.2) is 71.6 Å². The number of nitro groups is 1. The fraction of sp³-hybridized carbons (Fsp3) is 0.0952. The van der Waals surface area contributed by atoms with Crippen molar-refractivity contribution in [3.63, 3.8) is 0 Å². The number of hydrogen-bond acceptors (Lipinski definition) is 6. The molecule has 32 heavy (non-hydrogen) atoms. The van der Waals surface area contributed by atoms with E-state index >= 15 is 0 Å². The molecule has 3 aromatic rings. The molecule has 0 bridgehead atoms. The molecule has 0 radical (unpaired) electrons. The van der Waals surface area contributed by atoms with E-state index in [1.54, 1.807) is 6.07 Å². The first-order valence-corrected chi connectivity index (χ1v) is 10.7. The second kappa shape index (κ2) is 9.43. The van der Waals surface area contributed by atoms with E-state index in [0.29, 0.717) is 0 Å². The highest BCUT2D eigenvalue weighted by atomic mass is 32.2. The van der Waals surface area contributed by atoms with Crippen molar-refractivity contribution in [2.45, 2.75) is 11.4 Å². The summed E-state index contributed by atoms with van der Waals surface area (Å²) < 4.78 is 46.7. The van der Waals surface area contributed by atoms with Crippen LogP contribution < -0.4 is 14.8 Å². The maximum Gasteiger partial charge on any atom is 0.271 e. The molecule has 9 nitrogen and oxygen atoms in total. The lowest BCUT2D eigenvalue weighted by Crippen LogP contribution is -2.24. The van der Waals surface area contributed by atoms with Crippen molar-refractivity contribution >= 4 is 27.3 Å². The van der Waals surface area contributed by atoms with Gasteiger partial charge in [0.25, 0.3) is 21.6 Å². The molecular formula is C21H18FN3O6S. The number of nitrogens with zero attached hydrogens (tertiary/aromatic N) is 1. The van der Waals surface area contributed by atoms with Gasteiger partial charge in [-0.25, -0.2) is 12.8 Å². The van der Waals surface area contributed by atoms with Crippen LogP contribution >= 0.6 is 0 Å². The number of carbonyl (C=O) groups excluding carboxylic acids is 1. The van der Waals surface area contributed by atoms with E-state index in [1.165, 1.54) is 55.6 Å². The van der Waals surface area contributed by atoms with Gasteiger partial charge in [-0.15, -0.1) is 0 Å². The van der Waals surface area contributed by atoms with Crippen molar-refractivity contribution in [1.29, 1.82) is 0 Å². The average molecular weight is 459 g/mol. The quantitative estimate of drug-likeness (QED) is 0.392. The minimum atomic E-state index is -4.21. The Morgan fingerprint density at radius 3 is 2.53 bits per heavy atom. The third-order valence-electron chi connectivity index (χ3n) is 4.44. The van der Waals surface area contributed by atoms with Gasteiger partial charge in [0, 0.05) is 29.8 Å². The number of anilines is 1. The molecule has 0 aliphatic rings. The number of ether oxygens (including phenoxy) is 1. The molecule has 1 amide bonds. The van der Waals surface area contributed by atoms with Crippen LogP contribution in [-0.2, 0) is 16.6 Å². The lowest BCUT2D eigenvalue weighted by atomic mass is 10.2. The predicted molar refractivity (Wildman–Crippen MR) is 114 cm³/mol. The molecule has 0 aliphatic heterocycles. The molecule has 3 rings (SSSR count). The number of sulfonamides is 1. The third kappa shape index (κ3) is 5.19. The minimum Gasteiger partial charge on any atom is -0.495 e. The van der Waals surface area contributed by atoms with Gasteiger partial charge in [-0.2, -0.15) is 0 Å². The Labute approximate surface area is 183 Å². The van der Waals surface area contributed by atoms with E-state index in [9.17, 15) is 27.7 Å². The Hall–Kier alpha value is -3.99. The van der Waals surface area contributed by atoms with E-state index in [1.807, 2.05) is 0 Å². The summed E-state index contributed by atoms with van der Waals surface area (Å²) in [7, 11) is -2.92. The van der Waals surface area contributed by atoms with Crippen LogP contribution in [0.5, 0.6) is 5.75 Å². The van der Waals surface area contributed by atoms with Crippen molar-refractivity contribution in [2.24, 2.45) is 0 Å². The van der Waals surface area contributed by atoms with Crippen LogP contribution in [-0.4, -0.2) is 26.4 Å². The second-order valence-corrected chi connectivity index (χ2v) is 8.23. The molecule has 2 N–H and O–H groups in total. The van der Waals surface area contributed by atoms with Gasteiger partial charge < -0.3 is 10.1 Å². The summed E-state index contributed by atoms with van der Waals surface area (Å²) in [5.74, 6) is -0.990. The van der Waals surface area contributed by atoms with Gasteiger partial charge in [0.15, 0.2) is 0 Å². The van der Waals surface area contributed by atoms with E-state index in [4.69, 9.17) is 4.74 Å². The van der Waals surface area contributed by atoms with Gasteiger partial charge in [0.05, 0.1) is 22.6 Å². The first-order valence-electron chi connectivity index (χ1n) is 9.18. The van der Waals surface area contributed by atoms with E-state index in [2.05, 4.69) is 10.0 Å². The van der Waals surface area contributed by atoms with E-state index in [-0.39, 0.29) is 39.7 Å². The Bertz CT molecular complexity index is 1280. The largest absolute Gasteiger partial charge is 0.495 e. The lowest BCUT2D eigenvalue weighted by molar-refractivity contribution is -0.384. The fourth-order valence-corrected chi connectivity index (χ4v) is 3.92. The number of nitro benzene ring substituents is 1. The summed E-state index contributed by atoms with van der Waals surface area (Å²) in [6.07, 6.45) is 0.